The lowest BCUT2D eigenvalue weighted by Gasteiger charge is -1.94. The Morgan fingerprint density at radius 3 is 3.18 bits per heavy atom. The highest BCUT2D eigenvalue weighted by Gasteiger charge is 2.02. The van der Waals surface area contributed by atoms with E-state index in [1.807, 2.05) is 5.38 Å². The number of nitrogens with zero attached hydrogens (tertiary/aromatic N) is 1. The second-order valence-electron chi connectivity index (χ2n) is 2.17. The normalized spacial score (nSPS) is 9.91. The third kappa shape index (κ3) is 2.78. The maximum atomic E-state index is 11.0. The van der Waals surface area contributed by atoms with Crippen LogP contribution >= 0.6 is 11.3 Å². The zero-order valence-corrected chi connectivity index (χ0v) is 7.15. The molecule has 1 rings (SSSR count). The smallest absolute Gasteiger partial charge is 0.153 e. The van der Waals surface area contributed by atoms with E-state index in [-0.39, 0.29) is 5.78 Å². The molecule has 1 N–H and O–H groups in total. The van der Waals surface area contributed by atoms with Crippen LogP contribution in [0.3, 0.4) is 0 Å². The molecular formula is C7H10N2OS. The molecule has 0 aliphatic carbocycles. The van der Waals surface area contributed by atoms with Crippen molar-refractivity contribution in [3.8, 4) is 0 Å². The predicted molar refractivity (Wildman–Crippen MR) is 44.8 cm³/mol. The van der Waals surface area contributed by atoms with E-state index in [4.69, 9.17) is 0 Å². The van der Waals surface area contributed by atoms with E-state index in [2.05, 4.69) is 10.3 Å². The van der Waals surface area contributed by atoms with Gasteiger partial charge in [-0.25, -0.2) is 4.98 Å². The second-order valence-corrected chi connectivity index (χ2v) is 3.15. The molecule has 0 radical (unpaired) electrons. The van der Waals surface area contributed by atoms with Crippen LogP contribution in [-0.2, 0) is 11.2 Å². The number of thiazole rings is 1. The average Bonchev–Trinajstić information content (AvgIpc) is 2.40. The minimum Gasteiger partial charge on any atom is -0.313 e. The van der Waals surface area contributed by atoms with Crippen molar-refractivity contribution < 1.29 is 4.79 Å². The van der Waals surface area contributed by atoms with Gasteiger partial charge in [-0.1, -0.05) is 0 Å². The van der Waals surface area contributed by atoms with Crippen molar-refractivity contribution in [2.45, 2.75) is 6.42 Å². The van der Waals surface area contributed by atoms with Gasteiger partial charge in [0.1, 0.15) is 0 Å². The molecular weight excluding hydrogens is 160 g/mol. The van der Waals surface area contributed by atoms with Crippen LogP contribution in [0.5, 0.6) is 0 Å². The van der Waals surface area contributed by atoms with Gasteiger partial charge in [0.25, 0.3) is 0 Å². The highest BCUT2D eigenvalue weighted by Crippen LogP contribution is 2.04. The third-order valence-electron chi connectivity index (χ3n) is 1.21. The van der Waals surface area contributed by atoms with E-state index in [0.717, 1.165) is 5.01 Å². The van der Waals surface area contributed by atoms with Crippen LogP contribution in [0, 0.1) is 0 Å². The van der Waals surface area contributed by atoms with Crippen LogP contribution in [0.4, 0.5) is 0 Å². The van der Waals surface area contributed by atoms with Crippen molar-refractivity contribution >= 4 is 17.1 Å². The monoisotopic (exact) mass is 170 g/mol. The largest absolute Gasteiger partial charge is 0.313 e. The molecule has 0 aromatic carbocycles. The molecule has 4 heteroatoms. The van der Waals surface area contributed by atoms with Crippen molar-refractivity contribution in [1.29, 1.82) is 0 Å². The Bertz CT molecular complexity index is 220. The molecule has 0 amide bonds. The molecule has 11 heavy (non-hydrogen) atoms. The fraction of sp³-hybridized carbons (Fsp3) is 0.429. The van der Waals surface area contributed by atoms with Crippen molar-refractivity contribution in [3.63, 3.8) is 0 Å². The SMILES string of the molecule is CNCC(=O)Cc1nccs1. The van der Waals surface area contributed by atoms with Crippen molar-refractivity contribution in [3.05, 3.63) is 16.6 Å². The number of hydrogen-bond acceptors (Lipinski definition) is 4. The number of aromatic nitrogens is 1. The van der Waals surface area contributed by atoms with Gasteiger partial charge in [-0.05, 0) is 7.05 Å². The first-order valence-electron chi connectivity index (χ1n) is 3.37. The number of ketones is 1. The van der Waals surface area contributed by atoms with Crippen molar-refractivity contribution in [2.24, 2.45) is 0 Å². The molecule has 0 unspecified atom stereocenters. The van der Waals surface area contributed by atoms with Crippen LogP contribution in [-0.4, -0.2) is 24.4 Å². The number of carbonyl (C=O) groups is 1. The molecule has 0 saturated heterocycles. The number of hydrogen-bond donors (Lipinski definition) is 1. The van der Waals surface area contributed by atoms with E-state index < -0.39 is 0 Å². The molecule has 0 fully saturated rings. The second kappa shape index (κ2) is 4.20. The first-order chi connectivity index (χ1) is 5.33. The number of likely N-dealkylation sites (N-methyl/N-ethyl adjacent to an activating group) is 1. The number of rotatable bonds is 4. The summed E-state index contributed by atoms with van der Waals surface area (Å²) in [7, 11) is 1.76. The molecule has 0 spiro atoms. The molecule has 1 aromatic rings. The Balaban J connectivity index is 2.37. The molecule has 3 nitrogen and oxygen atoms in total. The number of carbonyl (C=O) groups excluding carboxylic acids is 1. The molecule has 0 atom stereocenters. The Labute approximate surface area is 69.5 Å². The maximum Gasteiger partial charge on any atom is 0.153 e. The highest BCUT2D eigenvalue weighted by atomic mass is 32.1. The topological polar surface area (TPSA) is 42.0 Å². The van der Waals surface area contributed by atoms with Gasteiger partial charge >= 0.3 is 0 Å². The molecule has 0 aliphatic rings. The zero-order valence-electron chi connectivity index (χ0n) is 6.33. The summed E-state index contributed by atoms with van der Waals surface area (Å²) in [5.41, 5.74) is 0. The van der Waals surface area contributed by atoms with Gasteiger partial charge in [-0.2, -0.15) is 0 Å². The Kier molecular flexibility index (Phi) is 3.19. The summed E-state index contributed by atoms with van der Waals surface area (Å²) in [4.78, 5) is 15.0. The molecule has 0 aliphatic heterocycles. The van der Waals surface area contributed by atoms with Gasteiger partial charge in [0, 0.05) is 11.6 Å². The summed E-state index contributed by atoms with van der Waals surface area (Å²) >= 11 is 1.52. The maximum absolute atomic E-state index is 11.0. The van der Waals surface area contributed by atoms with Crippen molar-refractivity contribution in [2.75, 3.05) is 13.6 Å². The van der Waals surface area contributed by atoms with E-state index in [1.54, 1.807) is 13.2 Å². The lowest BCUT2D eigenvalue weighted by molar-refractivity contribution is -0.117. The first kappa shape index (κ1) is 8.36. The quantitative estimate of drug-likeness (QED) is 0.714. The van der Waals surface area contributed by atoms with Gasteiger partial charge in [-0.3, -0.25) is 4.79 Å². The van der Waals surface area contributed by atoms with Crippen LogP contribution in [0.15, 0.2) is 11.6 Å². The van der Waals surface area contributed by atoms with Gasteiger partial charge in [-0.15, -0.1) is 11.3 Å². The summed E-state index contributed by atoms with van der Waals surface area (Å²) in [6.45, 7) is 0.430. The van der Waals surface area contributed by atoms with Crippen LogP contribution in [0.25, 0.3) is 0 Å². The molecule has 0 saturated carbocycles. The summed E-state index contributed by atoms with van der Waals surface area (Å²) in [6.07, 6.45) is 2.17. The van der Waals surface area contributed by atoms with Gasteiger partial charge in [0.15, 0.2) is 5.78 Å². The minimum atomic E-state index is 0.183. The van der Waals surface area contributed by atoms with Crippen molar-refractivity contribution in [1.82, 2.24) is 10.3 Å². The lowest BCUT2D eigenvalue weighted by Crippen LogP contribution is -2.19. The van der Waals surface area contributed by atoms with E-state index in [1.165, 1.54) is 11.3 Å². The average molecular weight is 170 g/mol. The van der Waals surface area contributed by atoms with Crippen LogP contribution in [0.1, 0.15) is 5.01 Å². The fourth-order valence-electron chi connectivity index (χ4n) is 0.769. The Morgan fingerprint density at radius 1 is 1.82 bits per heavy atom. The number of Topliss-reactive ketones (excluding diaryl/α,β-unsaturated/α-hetero) is 1. The summed E-state index contributed by atoms with van der Waals surface area (Å²) < 4.78 is 0. The van der Waals surface area contributed by atoms with Crippen LogP contribution < -0.4 is 5.32 Å². The Morgan fingerprint density at radius 2 is 2.64 bits per heavy atom. The van der Waals surface area contributed by atoms with E-state index in [0.29, 0.717) is 13.0 Å². The molecule has 60 valence electrons. The predicted octanol–water partition coefficient (Wildman–Crippen LogP) is 0.474. The highest BCUT2D eigenvalue weighted by molar-refractivity contribution is 7.09. The van der Waals surface area contributed by atoms with E-state index in [9.17, 15) is 4.79 Å². The first-order valence-corrected chi connectivity index (χ1v) is 4.25. The molecule has 1 heterocycles. The van der Waals surface area contributed by atoms with Gasteiger partial charge in [0.05, 0.1) is 18.0 Å². The summed E-state index contributed by atoms with van der Waals surface area (Å²) in [6, 6.07) is 0. The zero-order chi connectivity index (χ0) is 8.10. The van der Waals surface area contributed by atoms with Gasteiger partial charge in [0.2, 0.25) is 0 Å². The summed E-state index contributed by atoms with van der Waals surface area (Å²) in [5, 5.41) is 5.58. The summed E-state index contributed by atoms with van der Waals surface area (Å²) in [5.74, 6) is 0.183. The molecule has 1 aromatic heterocycles. The number of nitrogens with one attached hydrogen (secondary N) is 1. The minimum absolute atomic E-state index is 0.183. The third-order valence-corrected chi connectivity index (χ3v) is 1.99. The van der Waals surface area contributed by atoms with Gasteiger partial charge < -0.3 is 5.32 Å². The lowest BCUT2D eigenvalue weighted by atomic mass is 10.3. The standard InChI is InChI=1S/C7H10N2OS/c1-8-5-6(10)4-7-9-2-3-11-7/h2-3,8H,4-5H2,1H3. The molecule has 0 bridgehead atoms. The fourth-order valence-corrected chi connectivity index (χ4v) is 1.41. The van der Waals surface area contributed by atoms with Crippen LogP contribution in [0.2, 0.25) is 0 Å². The Hall–Kier alpha value is -0.740. The van der Waals surface area contributed by atoms with E-state index >= 15 is 0 Å².